The van der Waals surface area contributed by atoms with E-state index in [1.165, 1.54) is 18.2 Å². The van der Waals surface area contributed by atoms with E-state index < -0.39 is 10.5 Å². The summed E-state index contributed by atoms with van der Waals surface area (Å²) in [6.45, 7) is 3.34. The maximum atomic E-state index is 11.8. The Kier molecular flexibility index (Phi) is 6.10. The van der Waals surface area contributed by atoms with Gasteiger partial charge in [0, 0.05) is 6.07 Å². The van der Waals surface area contributed by atoms with Crippen molar-refractivity contribution in [2.45, 2.75) is 32.2 Å². The summed E-state index contributed by atoms with van der Waals surface area (Å²) in [5.74, 6) is -0.124. The third-order valence-electron chi connectivity index (χ3n) is 3.46. The number of amides is 1. The van der Waals surface area contributed by atoms with Crippen LogP contribution in [0.2, 0.25) is 0 Å². The molecule has 2 N–H and O–H groups in total. The molecule has 1 amide bonds. The molecule has 0 atom stereocenters. The highest BCUT2D eigenvalue weighted by molar-refractivity contribution is 5.78. The summed E-state index contributed by atoms with van der Waals surface area (Å²) in [5.41, 5.74) is -0.747. The molecule has 1 rings (SSSR count). The molecule has 0 aliphatic heterocycles. The number of hydrogen-bond acceptors (Lipinski definition) is 5. The van der Waals surface area contributed by atoms with Crippen LogP contribution in [0.5, 0.6) is 5.75 Å². The maximum absolute atomic E-state index is 11.8. The second-order valence-corrected chi connectivity index (χ2v) is 4.74. The first-order valence-electron chi connectivity index (χ1n) is 6.75. The van der Waals surface area contributed by atoms with E-state index in [9.17, 15) is 20.0 Å². The number of carbonyl (C=O) groups excluding carboxylic acids is 1. The van der Waals surface area contributed by atoms with Gasteiger partial charge in [-0.3, -0.25) is 14.9 Å². The zero-order valence-electron chi connectivity index (χ0n) is 12.2. The molecule has 0 aliphatic rings. The number of nitrogens with one attached hydrogen (secondary N) is 1. The van der Waals surface area contributed by atoms with Crippen molar-refractivity contribution in [1.29, 1.82) is 0 Å². The molecule has 0 bridgehead atoms. The van der Waals surface area contributed by atoms with Crippen molar-refractivity contribution in [1.82, 2.24) is 5.32 Å². The molecule has 0 fully saturated rings. The van der Waals surface area contributed by atoms with Gasteiger partial charge in [0.05, 0.1) is 23.1 Å². The van der Waals surface area contributed by atoms with Gasteiger partial charge in [-0.1, -0.05) is 19.9 Å². The first kappa shape index (κ1) is 16.9. The topological polar surface area (TPSA) is 102 Å². The number of aliphatic hydroxyl groups is 1. The number of benzene rings is 1. The van der Waals surface area contributed by atoms with Crippen LogP contribution in [0.4, 0.5) is 5.69 Å². The van der Waals surface area contributed by atoms with E-state index in [-0.39, 0.29) is 30.6 Å². The first-order chi connectivity index (χ1) is 9.96. The highest BCUT2D eigenvalue weighted by atomic mass is 16.6. The summed E-state index contributed by atoms with van der Waals surface area (Å²) in [6, 6.07) is 5.63. The van der Waals surface area contributed by atoms with Crippen molar-refractivity contribution in [3.05, 3.63) is 34.4 Å². The number of non-ortho nitro benzene ring substituents is 1. The third kappa shape index (κ3) is 4.71. The Morgan fingerprint density at radius 3 is 2.62 bits per heavy atom. The number of nitro benzene ring substituents is 1. The lowest BCUT2D eigenvalue weighted by Gasteiger charge is -2.30. The molecule has 7 heteroatoms. The van der Waals surface area contributed by atoms with Crippen molar-refractivity contribution in [2.75, 3.05) is 13.2 Å². The van der Waals surface area contributed by atoms with Gasteiger partial charge in [0.1, 0.15) is 5.75 Å². The number of carbonyl (C=O) groups is 1. The number of nitro groups is 1. The lowest BCUT2D eigenvalue weighted by atomic mass is 9.94. The lowest BCUT2D eigenvalue weighted by molar-refractivity contribution is -0.384. The Balaban J connectivity index is 2.61. The van der Waals surface area contributed by atoms with Crippen molar-refractivity contribution < 1.29 is 19.6 Å². The van der Waals surface area contributed by atoms with Crippen LogP contribution in [0.15, 0.2) is 24.3 Å². The molecule has 7 nitrogen and oxygen atoms in total. The third-order valence-corrected chi connectivity index (χ3v) is 3.46. The molecule has 0 saturated carbocycles. The molecule has 0 heterocycles. The zero-order valence-corrected chi connectivity index (χ0v) is 12.2. The molecule has 0 radical (unpaired) electrons. The van der Waals surface area contributed by atoms with Gasteiger partial charge in [0.25, 0.3) is 11.6 Å². The van der Waals surface area contributed by atoms with Gasteiger partial charge < -0.3 is 15.2 Å². The van der Waals surface area contributed by atoms with Crippen LogP contribution >= 0.6 is 0 Å². The monoisotopic (exact) mass is 296 g/mol. The van der Waals surface area contributed by atoms with E-state index in [0.717, 1.165) is 0 Å². The van der Waals surface area contributed by atoms with Crippen molar-refractivity contribution in [3.8, 4) is 5.75 Å². The molecule has 0 aromatic heterocycles. The Morgan fingerprint density at radius 2 is 2.10 bits per heavy atom. The van der Waals surface area contributed by atoms with Crippen molar-refractivity contribution >= 4 is 11.6 Å². The smallest absolute Gasteiger partial charge is 0.273 e. The fourth-order valence-corrected chi connectivity index (χ4v) is 1.86. The molecule has 21 heavy (non-hydrogen) atoms. The molecule has 1 aromatic rings. The van der Waals surface area contributed by atoms with E-state index in [4.69, 9.17) is 4.74 Å². The number of aliphatic hydroxyl groups excluding tert-OH is 1. The van der Waals surface area contributed by atoms with Crippen LogP contribution in [0.3, 0.4) is 0 Å². The van der Waals surface area contributed by atoms with Gasteiger partial charge >= 0.3 is 0 Å². The van der Waals surface area contributed by atoms with Crippen LogP contribution in [0.25, 0.3) is 0 Å². The minimum absolute atomic E-state index is 0.0975. The zero-order chi connectivity index (χ0) is 15.9. The van der Waals surface area contributed by atoms with E-state index >= 15 is 0 Å². The van der Waals surface area contributed by atoms with Crippen LogP contribution in [-0.2, 0) is 4.79 Å². The second kappa shape index (κ2) is 7.58. The Bertz CT molecular complexity index is 492. The molecule has 0 aliphatic carbocycles. The number of ether oxygens (including phenoxy) is 1. The molecule has 0 unspecified atom stereocenters. The average molecular weight is 296 g/mol. The quantitative estimate of drug-likeness (QED) is 0.561. The molecular weight excluding hydrogens is 276 g/mol. The largest absolute Gasteiger partial charge is 0.484 e. The van der Waals surface area contributed by atoms with Gasteiger partial charge in [-0.15, -0.1) is 0 Å². The maximum Gasteiger partial charge on any atom is 0.273 e. The minimum atomic E-state index is -0.650. The van der Waals surface area contributed by atoms with Crippen LogP contribution in [0, 0.1) is 10.1 Å². The normalized spacial score (nSPS) is 11.0. The van der Waals surface area contributed by atoms with Crippen LogP contribution in [0.1, 0.15) is 26.7 Å². The standard InChI is InChI=1S/C14H20N2O5/c1-3-14(4-2,10-17)15-13(18)9-21-12-7-5-6-11(8-12)16(19)20/h5-8,17H,3-4,9-10H2,1-2H3,(H,15,18). The van der Waals surface area contributed by atoms with Gasteiger partial charge in [0.15, 0.2) is 6.61 Å². The molecule has 0 spiro atoms. The SMILES string of the molecule is CCC(CC)(CO)NC(=O)COc1cccc([N+](=O)[O-])c1. The number of nitrogens with zero attached hydrogens (tertiary/aromatic N) is 1. The molecule has 1 aromatic carbocycles. The van der Waals surface area contributed by atoms with Gasteiger partial charge in [-0.25, -0.2) is 0 Å². The van der Waals surface area contributed by atoms with E-state index in [1.54, 1.807) is 6.07 Å². The number of hydrogen-bond donors (Lipinski definition) is 2. The summed E-state index contributed by atoms with van der Waals surface area (Å²) in [7, 11) is 0. The van der Waals surface area contributed by atoms with E-state index in [0.29, 0.717) is 12.8 Å². The highest BCUT2D eigenvalue weighted by Crippen LogP contribution is 2.19. The van der Waals surface area contributed by atoms with Crippen molar-refractivity contribution in [2.24, 2.45) is 0 Å². The molecule has 116 valence electrons. The predicted octanol–water partition coefficient (Wildman–Crippen LogP) is 1.64. The van der Waals surface area contributed by atoms with E-state index in [1.807, 2.05) is 13.8 Å². The summed E-state index contributed by atoms with van der Waals surface area (Å²) < 4.78 is 5.24. The highest BCUT2D eigenvalue weighted by Gasteiger charge is 2.27. The van der Waals surface area contributed by atoms with Gasteiger partial charge in [-0.05, 0) is 18.9 Å². The predicted molar refractivity (Wildman–Crippen MR) is 77.1 cm³/mol. The fourth-order valence-electron chi connectivity index (χ4n) is 1.86. The van der Waals surface area contributed by atoms with Gasteiger partial charge in [0.2, 0.25) is 0 Å². The average Bonchev–Trinajstić information content (AvgIpc) is 2.51. The summed E-state index contributed by atoms with van der Waals surface area (Å²) in [6.07, 6.45) is 1.20. The summed E-state index contributed by atoms with van der Waals surface area (Å²) >= 11 is 0. The van der Waals surface area contributed by atoms with Crippen LogP contribution in [-0.4, -0.2) is 34.7 Å². The summed E-state index contributed by atoms with van der Waals surface area (Å²) in [4.78, 5) is 22.0. The lowest BCUT2D eigenvalue weighted by Crippen LogP contribution is -2.51. The first-order valence-corrected chi connectivity index (χ1v) is 6.75. The Labute approximate surface area is 123 Å². The van der Waals surface area contributed by atoms with Crippen LogP contribution < -0.4 is 10.1 Å². The fraction of sp³-hybridized carbons (Fsp3) is 0.500. The van der Waals surface area contributed by atoms with E-state index in [2.05, 4.69) is 5.32 Å². The Morgan fingerprint density at radius 1 is 1.43 bits per heavy atom. The Hall–Kier alpha value is -2.15. The second-order valence-electron chi connectivity index (χ2n) is 4.74. The minimum Gasteiger partial charge on any atom is -0.484 e. The summed E-state index contributed by atoms with van der Waals surface area (Å²) in [5, 5.41) is 22.8. The van der Waals surface area contributed by atoms with Gasteiger partial charge in [-0.2, -0.15) is 0 Å². The van der Waals surface area contributed by atoms with Crippen molar-refractivity contribution in [3.63, 3.8) is 0 Å². The number of rotatable bonds is 8. The molecule has 0 saturated heterocycles. The molecular formula is C14H20N2O5.